The summed E-state index contributed by atoms with van der Waals surface area (Å²) in [4.78, 5) is 14.6. The van der Waals surface area contributed by atoms with Crippen LogP contribution in [0.1, 0.15) is 49.0 Å². The summed E-state index contributed by atoms with van der Waals surface area (Å²) in [5.41, 5.74) is 3.02. The van der Waals surface area contributed by atoms with Crippen LogP contribution in [0.25, 0.3) is 0 Å². The van der Waals surface area contributed by atoms with E-state index in [-0.39, 0.29) is 5.91 Å². The predicted molar refractivity (Wildman–Crippen MR) is 84.3 cm³/mol. The number of anilines is 1. The number of hydrogen-bond donors (Lipinski definition) is 1. The van der Waals surface area contributed by atoms with Crippen LogP contribution in [0.2, 0.25) is 0 Å². The van der Waals surface area contributed by atoms with Crippen molar-refractivity contribution in [1.29, 1.82) is 0 Å². The molecule has 1 aromatic rings. The summed E-state index contributed by atoms with van der Waals surface area (Å²) in [6.45, 7) is 9.17. The normalized spacial score (nSPS) is 18.9. The molecule has 1 aliphatic rings. The maximum Gasteiger partial charge on any atom is 0.254 e. The molecular weight excluding hydrogens is 248 g/mol. The molecule has 0 bridgehead atoms. The number of benzene rings is 1. The molecule has 1 unspecified atom stereocenters. The van der Waals surface area contributed by atoms with E-state index < -0.39 is 0 Å². The molecule has 20 heavy (non-hydrogen) atoms. The van der Waals surface area contributed by atoms with Crippen molar-refractivity contribution in [3.05, 3.63) is 29.3 Å². The summed E-state index contributed by atoms with van der Waals surface area (Å²) >= 11 is 0. The third kappa shape index (κ3) is 3.53. The minimum absolute atomic E-state index is 0.191. The first-order chi connectivity index (χ1) is 9.61. The second-order valence-electron chi connectivity index (χ2n) is 5.96. The summed E-state index contributed by atoms with van der Waals surface area (Å²) in [6, 6.07) is 6.06. The number of nitrogens with zero attached hydrogens (tertiary/aromatic N) is 1. The van der Waals surface area contributed by atoms with Gasteiger partial charge in [0.15, 0.2) is 0 Å². The van der Waals surface area contributed by atoms with E-state index >= 15 is 0 Å². The first-order valence-corrected chi connectivity index (χ1v) is 7.75. The van der Waals surface area contributed by atoms with E-state index in [1.165, 1.54) is 6.42 Å². The maximum absolute atomic E-state index is 12.6. The van der Waals surface area contributed by atoms with Crippen LogP contribution in [-0.2, 0) is 0 Å². The summed E-state index contributed by atoms with van der Waals surface area (Å²) < 4.78 is 0. The number of amides is 1. The summed E-state index contributed by atoms with van der Waals surface area (Å²) in [5.74, 6) is 0.814. The van der Waals surface area contributed by atoms with Gasteiger partial charge in [0.25, 0.3) is 5.91 Å². The summed E-state index contributed by atoms with van der Waals surface area (Å²) in [6.07, 6.45) is 3.47. The molecule has 0 radical (unpaired) electrons. The molecule has 1 aliphatic heterocycles. The first kappa shape index (κ1) is 14.9. The number of hydrogen-bond acceptors (Lipinski definition) is 2. The highest BCUT2D eigenvalue weighted by molar-refractivity contribution is 5.96. The largest absolute Gasteiger partial charge is 0.385 e. The number of carbonyl (C=O) groups is 1. The molecule has 0 aromatic heterocycles. The highest BCUT2D eigenvalue weighted by Crippen LogP contribution is 2.21. The van der Waals surface area contributed by atoms with Crippen molar-refractivity contribution in [1.82, 2.24) is 4.90 Å². The lowest BCUT2D eigenvalue weighted by Gasteiger charge is -2.31. The number of aryl methyl sites for hydroxylation is 1. The van der Waals surface area contributed by atoms with Gasteiger partial charge in [-0.05, 0) is 55.9 Å². The summed E-state index contributed by atoms with van der Waals surface area (Å²) in [5, 5.41) is 3.36. The van der Waals surface area contributed by atoms with Crippen LogP contribution in [0.15, 0.2) is 18.2 Å². The standard InChI is InChI=1S/C17H26N2O/c1-4-9-18-15-7-8-16(14(3)11-15)17(20)19-10-5-6-13(2)12-19/h7-8,11,13,18H,4-6,9-10,12H2,1-3H3. The van der Waals surface area contributed by atoms with Gasteiger partial charge in [-0.25, -0.2) is 0 Å². The molecule has 1 heterocycles. The number of rotatable bonds is 4. The quantitative estimate of drug-likeness (QED) is 0.908. The minimum atomic E-state index is 0.191. The zero-order chi connectivity index (χ0) is 14.5. The van der Waals surface area contributed by atoms with E-state index in [4.69, 9.17) is 0 Å². The van der Waals surface area contributed by atoms with Gasteiger partial charge >= 0.3 is 0 Å². The Morgan fingerprint density at radius 1 is 1.45 bits per heavy atom. The molecule has 3 heteroatoms. The van der Waals surface area contributed by atoms with Gasteiger partial charge < -0.3 is 10.2 Å². The fraction of sp³-hybridized carbons (Fsp3) is 0.588. The van der Waals surface area contributed by atoms with Crippen molar-refractivity contribution < 1.29 is 4.79 Å². The van der Waals surface area contributed by atoms with Gasteiger partial charge in [0.2, 0.25) is 0 Å². The van der Waals surface area contributed by atoms with E-state index in [0.717, 1.165) is 49.3 Å². The van der Waals surface area contributed by atoms with Gasteiger partial charge in [0, 0.05) is 30.9 Å². The summed E-state index contributed by atoms with van der Waals surface area (Å²) in [7, 11) is 0. The Morgan fingerprint density at radius 3 is 2.90 bits per heavy atom. The van der Waals surface area contributed by atoms with Gasteiger partial charge in [-0.15, -0.1) is 0 Å². The van der Waals surface area contributed by atoms with Gasteiger partial charge in [-0.1, -0.05) is 13.8 Å². The number of piperidine rings is 1. The molecule has 1 amide bonds. The second kappa shape index (κ2) is 6.78. The van der Waals surface area contributed by atoms with Crippen molar-refractivity contribution in [3.8, 4) is 0 Å². The molecule has 1 N–H and O–H groups in total. The minimum Gasteiger partial charge on any atom is -0.385 e. The van der Waals surface area contributed by atoms with Crippen LogP contribution in [0, 0.1) is 12.8 Å². The van der Waals surface area contributed by atoms with E-state index in [1.54, 1.807) is 0 Å². The van der Waals surface area contributed by atoms with Crippen LogP contribution >= 0.6 is 0 Å². The van der Waals surface area contributed by atoms with Crippen molar-refractivity contribution in [2.45, 2.75) is 40.0 Å². The predicted octanol–water partition coefficient (Wildman–Crippen LogP) is 3.69. The zero-order valence-corrected chi connectivity index (χ0v) is 12.9. The third-order valence-electron chi connectivity index (χ3n) is 3.98. The van der Waals surface area contributed by atoms with Crippen molar-refractivity contribution >= 4 is 11.6 Å². The number of nitrogens with one attached hydrogen (secondary N) is 1. The lowest BCUT2D eigenvalue weighted by molar-refractivity contribution is 0.0682. The zero-order valence-electron chi connectivity index (χ0n) is 12.9. The van der Waals surface area contributed by atoms with Crippen molar-refractivity contribution in [3.63, 3.8) is 0 Å². The lowest BCUT2D eigenvalue weighted by atomic mass is 9.98. The second-order valence-corrected chi connectivity index (χ2v) is 5.96. The molecule has 0 spiro atoms. The molecule has 110 valence electrons. The Bertz CT molecular complexity index is 470. The Balaban J connectivity index is 2.09. The van der Waals surface area contributed by atoms with Crippen LogP contribution in [0.5, 0.6) is 0 Å². The van der Waals surface area contributed by atoms with E-state index in [0.29, 0.717) is 5.92 Å². The van der Waals surface area contributed by atoms with Crippen LogP contribution in [0.3, 0.4) is 0 Å². The van der Waals surface area contributed by atoms with Crippen LogP contribution in [-0.4, -0.2) is 30.4 Å². The SMILES string of the molecule is CCCNc1ccc(C(=O)N2CCCC(C)C2)c(C)c1. The highest BCUT2D eigenvalue weighted by atomic mass is 16.2. The van der Waals surface area contributed by atoms with Gasteiger partial charge in [-0.2, -0.15) is 0 Å². The Morgan fingerprint density at radius 2 is 2.25 bits per heavy atom. The van der Waals surface area contributed by atoms with E-state index in [2.05, 4.69) is 25.2 Å². The Hall–Kier alpha value is -1.51. The first-order valence-electron chi connectivity index (χ1n) is 7.75. The molecule has 1 atom stereocenters. The third-order valence-corrected chi connectivity index (χ3v) is 3.98. The Labute approximate surface area is 122 Å². The van der Waals surface area contributed by atoms with Gasteiger partial charge in [0.1, 0.15) is 0 Å². The maximum atomic E-state index is 12.6. The topological polar surface area (TPSA) is 32.3 Å². The Kier molecular flexibility index (Phi) is 5.05. The molecule has 0 saturated carbocycles. The number of likely N-dealkylation sites (tertiary alicyclic amines) is 1. The number of carbonyl (C=O) groups excluding carboxylic acids is 1. The highest BCUT2D eigenvalue weighted by Gasteiger charge is 2.22. The van der Waals surface area contributed by atoms with E-state index in [9.17, 15) is 4.79 Å². The van der Waals surface area contributed by atoms with Crippen molar-refractivity contribution in [2.24, 2.45) is 5.92 Å². The lowest BCUT2D eigenvalue weighted by Crippen LogP contribution is -2.39. The molecule has 3 nitrogen and oxygen atoms in total. The smallest absolute Gasteiger partial charge is 0.254 e. The van der Waals surface area contributed by atoms with E-state index in [1.807, 2.05) is 24.0 Å². The molecule has 1 fully saturated rings. The molecule has 1 saturated heterocycles. The van der Waals surface area contributed by atoms with Gasteiger partial charge in [-0.3, -0.25) is 4.79 Å². The van der Waals surface area contributed by atoms with Crippen LogP contribution in [0.4, 0.5) is 5.69 Å². The fourth-order valence-corrected chi connectivity index (χ4v) is 2.83. The van der Waals surface area contributed by atoms with Crippen molar-refractivity contribution in [2.75, 3.05) is 25.0 Å². The molecule has 1 aromatic carbocycles. The molecular formula is C17H26N2O. The van der Waals surface area contributed by atoms with Gasteiger partial charge in [0.05, 0.1) is 0 Å². The fourth-order valence-electron chi connectivity index (χ4n) is 2.83. The molecule has 2 rings (SSSR count). The molecule has 0 aliphatic carbocycles. The average Bonchev–Trinajstić information content (AvgIpc) is 2.44. The van der Waals surface area contributed by atoms with Crippen LogP contribution < -0.4 is 5.32 Å². The monoisotopic (exact) mass is 274 g/mol. The average molecular weight is 274 g/mol.